The van der Waals surface area contributed by atoms with Crippen molar-refractivity contribution >= 4 is 22.6 Å². The molecule has 1 aromatic heterocycles. The number of aromatic amines is 1. The summed E-state index contributed by atoms with van der Waals surface area (Å²) in [6.07, 6.45) is 4.32. The number of fused-ring (bicyclic) bond motifs is 1. The van der Waals surface area contributed by atoms with Crippen LogP contribution in [0.3, 0.4) is 0 Å². The number of imidazole rings is 1. The summed E-state index contributed by atoms with van der Waals surface area (Å²) >= 11 is 0. The molecule has 2 aliphatic heterocycles. The van der Waals surface area contributed by atoms with Gasteiger partial charge >= 0.3 is 0 Å². The number of carbonyl (C=O) groups excluding carboxylic acids is 1. The standard InChI is InChI=1S/C24H27FN4O2/c25-19-5-2-1-4-16(19)14-23-27-20-8-7-17(15-21(20)28-23)26-24(30)22-6-3-11-29(22)18-9-12-31-13-10-18/h1-2,4-5,7-8,15,18,22H,3,6,9-14H2,(H,26,30)(H,27,28). The van der Waals surface area contributed by atoms with Gasteiger partial charge in [0.1, 0.15) is 11.6 Å². The SMILES string of the molecule is O=C(Nc1ccc2nc(Cc3ccccc3F)[nH]c2c1)C1CCCN1C1CCOCC1. The molecule has 6 nitrogen and oxygen atoms in total. The van der Waals surface area contributed by atoms with Crippen molar-refractivity contribution in [1.82, 2.24) is 14.9 Å². The summed E-state index contributed by atoms with van der Waals surface area (Å²) in [5.74, 6) is 0.515. The number of amides is 1. The van der Waals surface area contributed by atoms with Crippen molar-refractivity contribution in [3.05, 3.63) is 59.7 Å². The highest BCUT2D eigenvalue weighted by Gasteiger charge is 2.36. The molecule has 0 radical (unpaired) electrons. The lowest BCUT2D eigenvalue weighted by atomic mass is 10.1. The van der Waals surface area contributed by atoms with Crippen LogP contribution in [-0.2, 0) is 16.0 Å². The molecule has 31 heavy (non-hydrogen) atoms. The van der Waals surface area contributed by atoms with Gasteiger partial charge in [0.15, 0.2) is 0 Å². The van der Waals surface area contributed by atoms with Gasteiger partial charge < -0.3 is 15.0 Å². The second-order valence-corrected chi connectivity index (χ2v) is 8.41. The number of carbonyl (C=O) groups is 1. The van der Waals surface area contributed by atoms with Crippen LogP contribution < -0.4 is 5.32 Å². The highest BCUT2D eigenvalue weighted by molar-refractivity contribution is 5.96. The van der Waals surface area contributed by atoms with Crippen molar-refractivity contribution in [3.63, 3.8) is 0 Å². The van der Waals surface area contributed by atoms with Crippen LogP contribution in [0.25, 0.3) is 11.0 Å². The molecule has 3 heterocycles. The fourth-order valence-electron chi connectivity index (χ4n) is 4.80. The van der Waals surface area contributed by atoms with Gasteiger partial charge in [-0.3, -0.25) is 9.69 Å². The average Bonchev–Trinajstić information content (AvgIpc) is 3.42. The Morgan fingerprint density at radius 2 is 2.03 bits per heavy atom. The Morgan fingerprint density at radius 3 is 2.87 bits per heavy atom. The first kappa shape index (κ1) is 20.2. The third kappa shape index (κ3) is 4.34. The van der Waals surface area contributed by atoms with E-state index in [2.05, 4.69) is 20.2 Å². The van der Waals surface area contributed by atoms with E-state index in [1.807, 2.05) is 24.3 Å². The van der Waals surface area contributed by atoms with Crippen LogP contribution in [0.2, 0.25) is 0 Å². The van der Waals surface area contributed by atoms with Gasteiger partial charge in [-0.15, -0.1) is 0 Å². The summed E-state index contributed by atoms with van der Waals surface area (Å²) in [5.41, 5.74) is 2.98. The van der Waals surface area contributed by atoms with Gasteiger partial charge in [0.25, 0.3) is 0 Å². The number of anilines is 1. The van der Waals surface area contributed by atoms with Gasteiger partial charge in [-0.25, -0.2) is 9.37 Å². The minimum atomic E-state index is -0.235. The summed E-state index contributed by atoms with van der Waals surface area (Å²) < 4.78 is 19.4. The van der Waals surface area contributed by atoms with E-state index < -0.39 is 0 Å². The van der Waals surface area contributed by atoms with Crippen molar-refractivity contribution in [3.8, 4) is 0 Å². The molecule has 2 fully saturated rings. The van der Waals surface area contributed by atoms with E-state index in [0.717, 1.165) is 62.2 Å². The maximum atomic E-state index is 14.0. The molecule has 7 heteroatoms. The summed E-state index contributed by atoms with van der Waals surface area (Å²) in [4.78, 5) is 23.2. The van der Waals surface area contributed by atoms with Gasteiger partial charge in [-0.1, -0.05) is 18.2 Å². The first-order valence-corrected chi connectivity index (χ1v) is 11.0. The van der Waals surface area contributed by atoms with Crippen LogP contribution in [0.1, 0.15) is 37.1 Å². The molecule has 0 spiro atoms. The summed E-state index contributed by atoms with van der Waals surface area (Å²) in [6, 6.07) is 12.7. The molecule has 2 N–H and O–H groups in total. The lowest BCUT2D eigenvalue weighted by Crippen LogP contribution is -2.47. The third-order valence-electron chi connectivity index (χ3n) is 6.37. The molecule has 2 aliphatic rings. The number of likely N-dealkylation sites (tertiary alicyclic amines) is 1. The molecule has 0 saturated carbocycles. The van der Waals surface area contributed by atoms with E-state index in [9.17, 15) is 9.18 Å². The fraction of sp³-hybridized carbons (Fsp3) is 0.417. The molecular weight excluding hydrogens is 395 g/mol. The largest absolute Gasteiger partial charge is 0.381 e. The summed E-state index contributed by atoms with van der Waals surface area (Å²) in [7, 11) is 0. The minimum absolute atomic E-state index is 0.0504. The lowest BCUT2D eigenvalue weighted by molar-refractivity contribution is -0.121. The van der Waals surface area contributed by atoms with E-state index >= 15 is 0 Å². The van der Waals surface area contributed by atoms with Crippen LogP contribution in [0.15, 0.2) is 42.5 Å². The Kier molecular flexibility index (Phi) is 5.70. The molecule has 162 valence electrons. The van der Waals surface area contributed by atoms with Gasteiger partial charge in [-0.05, 0) is 62.1 Å². The van der Waals surface area contributed by atoms with Crippen LogP contribution in [0, 0.1) is 5.82 Å². The number of hydrogen-bond acceptors (Lipinski definition) is 4. The smallest absolute Gasteiger partial charge is 0.241 e. The van der Waals surface area contributed by atoms with E-state index in [0.29, 0.717) is 23.9 Å². The summed E-state index contributed by atoms with van der Waals surface area (Å²) in [5, 5.41) is 3.09. The number of halogens is 1. The molecule has 1 atom stereocenters. The van der Waals surface area contributed by atoms with E-state index in [4.69, 9.17) is 4.74 Å². The van der Waals surface area contributed by atoms with Crippen molar-refractivity contribution in [2.75, 3.05) is 25.1 Å². The number of aromatic nitrogens is 2. The van der Waals surface area contributed by atoms with Crippen LogP contribution >= 0.6 is 0 Å². The van der Waals surface area contributed by atoms with Gasteiger partial charge in [-0.2, -0.15) is 0 Å². The van der Waals surface area contributed by atoms with Crippen LogP contribution in [0.5, 0.6) is 0 Å². The first-order valence-electron chi connectivity index (χ1n) is 11.0. The average molecular weight is 423 g/mol. The maximum absolute atomic E-state index is 14.0. The number of rotatable bonds is 5. The number of nitrogens with one attached hydrogen (secondary N) is 2. The molecular formula is C24H27FN4O2. The molecule has 2 aromatic carbocycles. The Labute approximate surface area is 180 Å². The lowest BCUT2D eigenvalue weighted by Gasteiger charge is -2.34. The second kappa shape index (κ2) is 8.77. The molecule has 1 amide bonds. The van der Waals surface area contributed by atoms with Gasteiger partial charge in [0, 0.05) is 31.4 Å². The number of ether oxygens (including phenoxy) is 1. The fourth-order valence-corrected chi connectivity index (χ4v) is 4.80. The number of nitrogens with zero attached hydrogens (tertiary/aromatic N) is 2. The normalized spacial score (nSPS) is 20.4. The maximum Gasteiger partial charge on any atom is 0.241 e. The molecule has 2 saturated heterocycles. The number of H-pyrrole nitrogens is 1. The predicted octanol–water partition coefficient (Wildman–Crippen LogP) is 3.87. The molecule has 3 aromatic rings. The monoisotopic (exact) mass is 422 g/mol. The first-order chi connectivity index (χ1) is 15.2. The van der Waals surface area contributed by atoms with Crippen molar-refractivity contribution in [1.29, 1.82) is 0 Å². The molecule has 0 aliphatic carbocycles. The predicted molar refractivity (Wildman–Crippen MR) is 117 cm³/mol. The molecule has 5 rings (SSSR count). The van der Waals surface area contributed by atoms with E-state index in [1.165, 1.54) is 6.07 Å². The molecule has 0 bridgehead atoms. The second-order valence-electron chi connectivity index (χ2n) is 8.41. The highest BCUT2D eigenvalue weighted by atomic mass is 19.1. The Bertz CT molecular complexity index is 1080. The Morgan fingerprint density at radius 1 is 1.19 bits per heavy atom. The van der Waals surface area contributed by atoms with Crippen LogP contribution in [0.4, 0.5) is 10.1 Å². The number of hydrogen-bond donors (Lipinski definition) is 2. The summed E-state index contributed by atoms with van der Waals surface area (Å²) in [6.45, 7) is 2.53. The van der Waals surface area contributed by atoms with Crippen molar-refractivity contribution in [2.45, 2.75) is 44.2 Å². The van der Waals surface area contributed by atoms with Gasteiger partial charge in [0.05, 0.1) is 17.1 Å². The minimum Gasteiger partial charge on any atom is -0.381 e. The zero-order valence-electron chi connectivity index (χ0n) is 17.4. The van der Waals surface area contributed by atoms with E-state index in [-0.39, 0.29) is 17.8 Å². The van der Waals surface area contributed by atoms with Crippen LogP contribution in [-0.4, -0.2) is 52.6 Å². The zero-order chi connectivity index (χ0) is 21.2. The van der Waals surface area contributed by atoms with Crippen molar-refractivity contribution < 1.29 is 13.9 Å². The number of benzene rings is 2. The van der Waals surface area contributed by atoms with E-state index in [1.54, 1.807) is 12.1 Å². The third-order valence-corrected chi connectivity index (χ3v) is 6.37. The highest BCUT2D eigenvalue weighted by Crippen LogP contribution is 2.27. The topological polar surface area (TPSA) is 70.2 Å². The van der Waals surface area contributed by atoms with Crippen molar-refractivity contribution in [2.24, 2.45) is 0 Å². The quantitative estimate of drug-likeness (QED) is 0.655. The Hall–Kier alpha value is -2.77. The zero-order valence-corrected chi connectivity index (χ0v) is 17.4. The Balaban J connectivity index is 1.29. The van der Waals surface area contributed by atoms with Gasteiger partial charge in [0.2, 0.25) is 5.91 Å². The molecule has 1 unspecified atom stereocenters.